The Morgan fingerprint density at radius 1 is 1.42 bits per heavy atom. The quantitative estimate of drug-likeness (QED) is 0.695. The third-order valence-corrected chi connectivity index (χ3v) is 4.37. The zero-order chi connectivity index (χ0) is 13.4. The molecule has 0 saturated heterocycles. The second-order valence-electron chi connectivity index (χ2n) is 4.78. The normalized spacial score (nSPS) is 18.5. The Balaban J connectivity index is 2.30. The molecule has 0 amide bonds. The van der Waals surface area contributed by atoms with Gasteiger partial charge < -0.3 is 14.3 Å². The standard InChI is InChI=1S/C14H15ClNO2P/c1-16-8-9(7-15)14-11-5-3-2-4-10(11)13(18-19-17)6-12(14)16/h2-6,9,17,19H,7-8H2,1H3. The molecular formula is C14H15ClNO2P. The van der Waals surface area contributed by atoms with Crippen LogP contribution in [0.2, 0.25) is 0 Å². The van der Waals surface area contributed by atoms with Crippen LogP contribution in [0.15, 0.2) is 30.3 Å². The van der Waals surface area contributed by atoms with Crippen molar-refractivity contribution < 1.29 is 9.42 Å². The average Bonchev–Trinajstić information content (AvgIpc) is 2.76. The molecular weight excluding hydrogens is 281 g/mol. The van der Waals surface area contributed by atoms with Gasteiger partial charge in [0.15, 0.2) is 0 Å². The van der Waals surface area contributed by atoms with Crippen LogP contribution >= 0.6 is 20.6 Å². The van der Waals surface area contributed by atoms with Gasteiger partial charge in [-0.15, -0.1) is 11.6 Å². The van der Waals surface area contributed by atoms with Crippen LogP contribution in [-0.4, -0.2) is 24.4 Å². The summed E-state index contributed by atoms with van der Waals surface area (Å²) in [7, 11) is 1.52. The van der Waals surface area contributed by atoms with E-state index >= 15 is 0 Å². The first kappa shape index (κ1) is 13.0. The number of fused-ring (bicyclic) bond motifs is 3. The van der Waals surface area contributed by atoms with Gasteiger partial charge >= 0.3 is 0 Å². The number of benzene rings is 2. The molecule has 1 N–H and O–H groups in total. The summed E-state index contributed by atoms with van der Waals surface area (Å²) >= 11 is 6.11. The summed E-state index contributed by atoms with van der Waals surface area (Å²) < 4.78 is 5.39. The molecule has 0 fully saturated rings. The van der Waals surface area contributed by atoms with Crippen molar-refractivity contribution in [3.05, 3.63) is 35.9 Å². The summed E-state index contributed by atoms with van der Waals surface area (Å²) in [5, 5.41) is 2.21. The first-order valence-corrected chi connectivity index (χ1v) is 7.54. The Morgan fingerprint density at radius 2 is 2.16 bits per heavy atom. The highest BCUT2D eigenvalue weighted by Crippen LogP contribution is 2.45. The molecule has 19 heavy (non-hydrogen) atoms. The summed E-state index contributed by atoms with van der Waals surface area (Å²) in [6.07, 6.45) is 0. The van der Waals surface area contributed by atoms with Crippen LogP contribution in [0.3, 0.4) is 0 Å². The van der Waals surface area contributed by atoms with Gasteiger partial charge in [0, 0.05) is 42.5 Å². The number of nitrogens with zero attached hydrogens (tertiary/aromatic N) is 1. The lowest BCUT2D eigenvalue weighted by atomic mass is 9.95. The summed E-state index contributed by atoms with van der Waals surface area (Å²) in [5.74, 6) is 1.69. The predicted octanol–water partition coefficient (Wildman–Crippen LogP) is 3.49. The Labute approximate surface area is 119 Å². The summed E-state index contributed by atoms with van der Waals surface area (Å²) in [5.41, 5.74) is 2.44. The molecule has 2 atom stereocenters. The lowest BCUT2D eigenvalue weighted by Gasteiger charge is -2.15. The second-order valence-corrected chi connectivity index (χ2v) is 5.47. The largest absolute Gasteiger partial charge is 0.449 e. The molecule has 3 nitrogen and oxygen atoms in total. The average molecular weight is 296 g/mol. The summed E-state index contributed by atoms with van der Waals surface area (Å²) in [6, 6.07) is 10.1. The maximum atomic E-state index is 9.06. The molecule has 0 saturated carbocycles. The molecule has 0 aliphatic carbocycles. The van der Waals surface area contributed by atoms with Crippen molar-refractivity contribution in [1.29, 1.82) is 0 Å². The van der Waals surface area contributed by atoms with Crippen LogP contribution in [0.25, 0.3) is 10.8 Å². The topological polar surface area (TPSA) is 32.7 Å². The van der Waals surface area contributed by atoms with E-state index in [4.69, 9.17) is 21.0 Å². The summed E-state index contributed by atoms with van der Waals surface area (Å²) in [6.45, 7) is 0.924. The Bertz CT molecular complexity index is 620. The maximum Gasteiger partial charge on any atom is 0.212 e. The van der Waals surface area contributed by atoms with Crippen LogP contribution in [0.4, 0.5) is 5.69 Å². The predicted molar refractivity (Wildman–Crippen MR) is 81.8 cm³/mol. The number of anilines is 1. The molecule has 0 radical (unpaired) electrons. The number of alkyl halides is 1. The lowest BCUT2D eigenvalue weighted by Crippen LogP contribution is -2.15. The van der Waals surface area contributed by atoms with E-state index in [1.165, 1.54) is 10.9 Å². The molecule has 1 aliphatic heterocycles. The van der Waals surface area contributed by atoms with E-state index in [-0.39, 0.29) is 0 Å². The van der Waals surface area contributed by atoms with Gasteiger partial charge in [-0.2, -0.15) is 0 Å². The Kier molecular flexibility index (Phi) is 3.53. The number of halogens is 1. The molecule has 100 valence electrons. The van der Waals surface area contributed by atoms with Gasteiger partial charge in [0.1, 0.15) is 5.75 Å². The minimum atomic E-state index is -0.545. The summed E-state index contributed by atoms with van der Waals surface area (Å²) in [4.78, 5) is 11.3. The van der Waals surface area contributed by atoms with E-state index in [1.54, 1.807) is 0 Å². The fourth-order valence-electron chi connectivity index (χ4n) is 2.88. The van der Waals surface area contributed by atoms with Crippen LogP contribution in [0.1, 0.15) is 11.5 Å². The molecule has 2 aromatic rings. The van der Waals surface area contributed by atoms with E-state index < -0.39 is 9.03 Å². The second kappa shape index (κ2) is 5.16. The van der Waals surface area contributed by atoms with Crippen molar-refractivity contribution >= 4 is 37.1 Å². The number of rotatable bonds is 3. The van der Waals surface area contributed by atoms with Crippen molar-refractivity contribution in [3.63, 3.8) is 0 Å². The monoisotopic (exact) mass is 295 g/mol. The van der Waals surface area contributed by atoms with E-state index in [2.05, 4.69) is 18.0 Å². The molecule has 1 heterocycles. The minimum Gasteiger partial charge on any atom is -0.449 e. The molecule has 1 aliphatic rings. The Hall–Kier alpha value is -1.02. The van der Waals surface area contributed by atoms with E-state index in [1.807, 2.05) is 24.3 Å². The smallest absolute Gasteiger partial charge is 0.212 e. The number of likely N-dealkylation sites (N-methyl/N-ethyl adjacent to an activating group) is 1. The molecule has 0 spiro atoms. The zero-order valence-corrected chi connectivity index (χ0v) is 12.3. The minimum absolute atomic E-state index is 0.345. The molecule has 2 aromatic carbocycles. The van der Waals surface area contributed by atoms with Gasteiger partial charge in [0.2, 0.25) is 9.03 Å². The van der Waals surface area contributed by atoms with Crippen LogP contribution in [-0.2, 0) is 0 Å². The van der Waals surface area contributed by atoms with Crippen LogP contribution in [0.5, 0.6) is 5.75 Å². The van der Waals surface area contributed by atoms with Gasteiger partial charge in [-0.3, -0.25) is 0 Å². The maximum absolute atomic E-state index is 9.06. The van der Waals surface area contributed by atoms with Crippen molar-refractivity contribution in [1.82, 2.24) is 0 Å². The van der Waals surface area contributed by atoms with Crippen molar-refractivity contribution in [2.75, 3.05) is 24.4 Å². The molecule has 2 unspecified atom stereocenters. The van der Waals surface area contributed by atoms with Gasteiger partial charge in [-0.05, 0) is 10.9 Å². The van der Waals surface area contributed by atoms with Crippen LogP contribution in [0, 0.1) is 0 Å². The fourth-order valence-corrected chi connectivity index (χ4v) is 3.39. The number of hydrogen-bond acceptors (Lipinski definition) is 3. The van der Waals surface area contributed by atoms with Crippen molar-refractivity contribution in [2.24, 2.45) is 0 Å². The zero-order valence-electron chi connectivity index (χ0n) is 10.6. The molecule has 5 heteroatoms. The number of hydrogen-bond donors (Lipinski definition) is 1. The molecule has 3 rings (SSSR count). The van der Waals surface area contributed by atoms with Crippen molar-refractivity contribution in [3.8, 4) is 5.75 Å². The van der Waals surface area contributed by atoms with E-state index in [0.717, 1.165) is 23.4 Å². The van der Waals surface area contributed by atoms with Crippen LogP contribution < -0.4 is 9.42 Å². The van der Waals surface area contributed by atoms with E-state index in [0.29, 0.717) is 11.8 Å². The first-order valence-electron chi connectivity index (χ1n) is 6.15. The van der Waals surface area contributed by atoms with Gasteiger partial charge in [-0.1, -0.05) is 24.3 Å². The highest BCUT2D eigenvalue weighted by Gasteiger charge is 2.29. The Morgan fingerprint density at radius 3 is 2.84 bits per heavy atom. The fraction of sp³-hybridized carbons (Fsp3) is 0.286. The molecule has 0 bridgehead atoms. The highest BCUT2D eigenvalue weighted by atomic mass is 35.5. The lowest BCUT2D eigenvalue weighted by molar-refractivity contribution is 0.518. The van der Waals surface area contributed by atoms with Gasteiger partial charge in [0.25, 0.3) is 0 Å². The molecule has 0 aromatic heterocycles. The van der Waals surface area contributed by atoms with Gasteiger partial charge in [0.05, 0.1) is 0 Å². The van der Waals surface area contributed by atoms with E-state index in [9.17, 15) is 0 Å². The van der Waals surface area contributed by atoms with Crippen molar-refractivity contribution in [2.45, 2.75) is 5.92 Å². The first-order chi connectivity index (χ1) is 9.26. The SMILES string of the molecule is CN1CC(CCl)c2c1cc(OPO)c1ccccc21. The highest BCUT2D eigenvalue weighted by molar-refractivity contribution is 7.25. The third-order valence-electron chi connectivity index (χ3n) is 3.68. The van der Waals surface area contributed by atoms with Gasteiger partial charge in [-0.25, -0.2) is 0 Å². The third kappa shape index (κ3) is 2.06.